The van der Waals surface area contributed by atoms with Crippen molar-refractivity contribution in [2.75, 3.05) is 13.7 Å². The van der Waals surface area contributed by atoms with Gasteiger partial charge >= 0.3 is 12.6 Å². The van der Waals surface area contributed by atoms with Crippen molar-refractivity contribution in [1.82, 2.24) is 9.97 Å². The van der Waals surface area contributed by atoms with Gasteiger partial charge in [0.25, 0.3) is 0 Å². The summed E-state index contributed by atoms with van der Waals surface area (Å²) >= 11 is 0. The average Bonchev–Trinajstić information content (AvgIpc) is 2.64. The Morgan fingerprint density at radius 3 is 2.85 bits per heavy atom. The number of benzene rings is 1. The van der Waals surface area contributed by atoms with Crippen LogP contribution in [-0.2, 0) is 11.3 Å². The molecule has 0 atom stereocenters. The molecular weight excluding hydrogens is 360 g/mol. The molecule has 10 heteroatoms. The molecule has 1 aromatic carbocycles. The van der Waals surface area contributed by atoms with Crippen LogP contribution >= 0.6 is 0 Å². The molecule has 0 bridgehead atoms. The van der Waals surface area contributed by atoms with Gasteiger partial charge in [0, 0.05) is 19.4 Å². The smallest absolute Gasteiger partial charge is 0.387 e. The SMILES string of the molecule is COCc1ccnc(OCC(C=Nc2ccc(C)c(OC(F)F)c2)=NN)n1. The first-order valence-corrected chi connectivity index (χ1v) is 7.81. The number of aryl methyl sites for hydroxylation is 1. The number of aromatic nitrogens is 2. The molecule has 0 aliphatic rings. The van der Waals surface area contributed by atoms with E-state index in [-0.39, 0.29) is 18.4 Å². The van der Waals surface area contributed by atoms with Gasteiger partial charge in [-0.15, -0.1) is 0 Å². The maximum Gasteiger partial charge on any atom is 0.387 e. The summed E-state index contributed by atoms with van der Waals surface area (Å²) in [4.78, 5) is 12.3. The van der Waals surface area contributed by atoms with Gasteiger partial charge in [0.15, 0.2) is 0 Å². The van der Waals surface area contributed by atoms with Crippen molar-refractivity contribution in [2.45, 2.75) is 20.1 Å². The molecule has 144 valence electrons. The summed E-state index contributed by atoms with van der Waals surface area (Å²) in [7, 11) is 1.56. The van der Waals surface area contributed by atoms with E-state index in [2.05, 4.69) is 24.8 Å². The normalized spacial score (nSPS) is 12.0. The Balaban J connectivity index is 2.01. The summed E-state index contributed by atoms with van der Waals surface area (Å²) in [6.45, 7) is -0.952. The molecular formula is C17H19F2N5O3. The Morgan fingerprint density at radius 1 is 1.33 bits per heavy atom. The number of aliphatic imine (C=N–C) groups is 1. The molecule has 2 rings (SSSR count). The fraction of sp³-hybridized carbons (Fsp3) is 0.294. The van der Waals surface area contributed by atoms with Gasteiger partial charge in [-0.2, -0.15) is 18.9 Å². The van der Waals surface area contributed by atoms with E-state index in [0.29, 0.717) is 29.3 Å². The van der Waals surface area contributed by atoms with Crippen LogP contribution in [0, 0.1) is 6.92 Å². The maximum atomic E-state index is 12.4. The largest absolute Gasteiger partial charge is 0.457 e. The molecule has 0 saturated heterocycles. The van der Waals surface area contributed by atoms with Crippen LogP contribution in [0.25, 0.3) is 0 Å². The van der Waals surface area contributed by atoms with Crippen LogP contribution in [0.15, 0.2) is 40.6 Å². The predicted molar refractivity (Wildman–Crippen MR) is 95.8 cm³/mol. The summed E-state index contributed by atoms with van der Waals surface area (Å²) in [6, 6.07) is 6.50. The summed E-state index contributed by atoms with van der Waals surface area (Å²) in [5, 5.41) is 3.58. The molecule has 27 heavy (non-hydrogen) atoms. The van der Waals surface area contributed by atoms with Crippen LogP contribution in [0.5, 0.6) is 11.8 Å². The maximum absolute atomic E-state index is 12.4. The van der Waals surface area contributed by atoms with Crippen molar-refractivity contribution < 1.29 is 23.0 Å². The fourth-order valence-corrected chi connectivity index (χ4v) is 1.96. The molecule has 0 unspecified atom stereocenters. The van der Waals surface area contributed by atoms with Gasteiger partial charge in [0.2, 0.25) is 0 Å². The van der Waals surface area contributed by atoms with Gasteiger partial charge in [-0.25, -0.2) is 4.98 Å². The highest BCUT2D eigenvalue weighted by atomic mass is 19.3. The molecule has 2 N–H and O–H groups in total. The molecule has 0 radical (unpaired) electrons. The molecule has 0 spiro atoms. The summed E-state index contributed by atoms with van der Waals surface area (Å²) < 4.78 is 39.7. The second kappa shape index (κ2) is 10.1. The first-order valence-electron chi connectivity index (χ1n) is 7.81. The molecule has 0 amide bonds. The fourth-order valence-electron chi connectivity index (χ4n) is 1.96. The van der Waals surface area contributed by atoms with E-state index in [1.54, 1.807) is 38.4 Å². The van der Waals surface area contributed by atoms with Crippen LogP contribution in [0.4, 0.5) is 14.5 Å². The first kappa shape index (κ1) is 20.2. The summed E-state index contributed by atoms with van der Waals surface area (Å²) in [5.74, 6) is 5.38. The number of methoxy groups -OCH3 is 1. The highest BCUT2D eigenvalue weighted by Crippen LogP contribution is 2.25. The van der Waals surface area contributed by atoms with E-state index in [0.717, 1.165) is 0 Å². The average molecular weight is 379 g/mol. The Bertz CT molecular complexity index is 815. The van der Waals surface area contributed by atoms with Crippen molar-refractivity contribution in [2.24, 2.45) is 15.9 Å². The van der Waals surface area contributed by atoms with E-state index in [1.807, 2.05) is 0 Å². The topological polar surface area (TPSA) is 104 Å². The number of hydrogen-bond donors (Lipinski definition) is 1. The molecule has 0 saturated carbocycles. The first-order chi connectivity index (χ1) is 13.0. The molecule has 2 aromatic rings. The van der Waals surface area contributed by atoms with Crippen molar-refractivity contribution in [1.29, 1.82) is 0 Å². The van der Waals surface area contributed by atoms with E-state index in [4.69, 9.17) is 15.3 Å². The van der Waals surface area contributed by atoms with Crippen molar-refractivity contribution in [3.8, 4) is 11.8 Å². The minimum Gasteiger partial charge on any atom is -0.457 e. The van der Waals surface area contributed by atoms with Crippen molar-refractivity contribution in [3.63, 3.8) is 0 Å². The van der Waals surface area contributed by atoms with E-state index in [9.17, 15) is 8.78 Å². The molecule has 1 heterocycles. The quantitative estimate of drug-likeness (QED) is 0.408. The third-order valence-corrected chi connectivity index (χ3v) is 3.25. The van der Waals surface area contributed by atoms with Gasteiger partial charge in [-0.3, -0.25) is 4.99 Å². The number of ether oxygens (including phenoxy) is 3. The second-order valence-electron chi connectivity index (χ2n) is 5.26. The second-order valence-corrected chi connectivity index (χ2v) is 5.26. The number of nitrogens with zero attached hydrogens (tertiary/aromatic N) is 4. The number of nitrogens with two attached hydrogens (primary N) is 1. The van der Waals surface area contributed by atoms with E-state index >= 15 is 0 Å². The number of alkyl halides is 2. The van der Waals surface area contributed by atoms with Gasteiger partial charge in [-0.1, -0.05) is 6.07 Å². The molecule has 8 nitrogen and oxygen atoms in total. The minimum atomic E-state index is -2.91. The van der Waals surface area contributed by atoms with Crippen molar-refractivity contribution >= 4 is 17.6 Å². The Hall–Kier alpha value is -3.14. The lowest BCUT2D eigenvalue weighted by Crippen LogP contribution is -2.16. The highest BCUT2D eigenvalue weighted by molar-refractivity contribution is 6.31. The van der Waals surface area contributed by atoms with Crippen LogP contribution in [0.3, 0.4) is 0 Å². The predicted octanol–water partition coefficient (Wildman–Crippen LogP) is 2.63. The summed E-state index contributed by atoms with van der Waals surface area (Å²) in [6.07, 6.45) is 2.90. The van der Waals surface area contributed by atoms with Crippen LogP contribution in [-0.4, -0.2) is 42.2 Å². The Morgan fingerprint density at radius 2 is 2.15 bits per heavy atom. The van der Waals surface area contributed by atoms with Gasteiger partial charge in [0.05, 0.1) is 24.2 Å². The zero-order valence-corrected chi connectivity index (χ0v) is 14.8. The van der Waals surface area contributed by atoms with Gasteiger partial charge < -0.3 is 20.1 Å². The van der Waals surface area contributed by atoms with Crippen molar-refractivity contribution in [3.05, 3.63) is 41.7 Å². The van der Waals surface area contributed by atoms with E-state index in [1.165, 1.54) is 12.3 Å². The van der Waals surface area contributed by atoms with Gasteiger partial charge in [-0.05, 0) is 24.6 Å². The number of hydrazone groups is 1. The molecule has 0 aliphatic heterocycles. The molecule has 1 aromatic heterocycles. The van der Waals surface area contributed by atoms with Gasteiger partial charge in [0.1, 0.15) is 18.1 Å². The standard InChI is InChI=1S/C17H19F2N5O3/c1-11-3-4-12(7-15(11)27-16(18)19)22-8-14(24-20)10-26-17-21-6-5-13(23-17)9-25-2/h3-8,16H,9-10,20H2,1-2H3. The molecule has 0 fully saturated rings. The third kappa shape index (κ3) is 6.59. The Kier molecular flexibility index (Phi) is 7.56. The zero-order valence-electron chi connectivity index (χ0n) is 14.8. The number of hydrogen-bond acceptors (Lipinski definition) is 8. The number of rotatable bonds is 9. The van der Waals surface area contributed by atoms with Crippen LogP contribution in [0.1, 0.15) is 11.3 Å². The monoisotopic (exact) mass is 379 g/mol. The zero-order chi connectivity index (χ0) is 19.6. The lowest BCUT2D eigenvalue weighted by molar-refractivity contribution is -0.0502. The lowest BCUT2D eigenvalue weighted by atomic mass is 10.2. The Labute approximate surface area is 154 Å². The van der Waals surface area contributed by atoms with Crippen LogP contribution < -0.4 is 15.3 Å². The number of halogens is 2. The third-order valence-electron chi connectivity index (χ3n) is 3.25. The lowest BCUT2D eigenvalue weighted by Gasteiger charge is -2.08. The minimum absolute atomic E-state index is 0.0251. The highest BCUT2D eigenvalue weighted by Gasteiger charge is 2.08. The van der Waals surface area contributed by atoms with Crippen LogP contribution in [0.2, 0.25) is 0 Å². The molecule has 0 aliphatic carbocycles. The van der Waals surface area contributed by atoms with E-state index < -0.39 is 6.61 Å². The summed E-state index contributed by atoms with van der Waals surface area (Å²) in [5.41, 5.74) is 1.93.